The molecular formula is C13H20ClFN2. The molecule has 0 fully saturated rings. The molecular weight excluding hydrogens is 239 g/mol. The fourth-order valence-electron chi connectivity index (χ4n) is 1.60. The summed E-state index contributed by atoms with van der Waals surface area (Å²) in [4.78, 5) is 0. The average Bonchev–Trinajstić information content (AvgIpc) is 2.30. The van der Waals surface area contributed by atoms with E-state index in [-0.39, 0.29) is 5.82 Å². The normalized spacial score (nSPS) is 10.8. The van der Waals surface area contributed by atoms with Gasteiger partial charge in [-0.1, -0.05) is 11.6 Å². The first-order chi connectivity index (χ1) is 8.15. The van der Waals surface area contributed by atoms with Crippen LogP contribution in [0.3, 0.4) is 0 Å². The first-order valence-corrected chi connectivity index (χ1v) is 6.32. The molecule has 2 nitrogen and oxygen atoms in total. The Morgan fingerprint density at radius 3 is 2.65 bits per heavy atom. The maximum atomic E-state index is 13.3. The summed E-state index contributed by atoms with van der Waals surface area (Å²) in [5.41, 5.74) is 1.41. The minimum absolute atomic E-state index is 0.193. The molecule has 0 aliphatic heterocycles. The van der Waals surface area contributed by atoms with E-state index in [1.807, 2.05) is 7.05 Å². The fourth-order valence-corrected chi connectivity index (χ4v) is 1.88. The van der Waals surface area contributed by atoms with Crippen molar-refractivity contribution in [3.8, 4) is 0 Å². The number of halogens is 2. The van der Waals surface area contributed by atoms with Crippen molar-refractivity contribution in [2.24, 2.45) is 0 Å². The third-order valence-electron chi connectivity index (χ3n) is 2.67. The van der Waals surface area contributed by atoms with Crippen LogP contribution < -0.4 is 10.6 Å². The molecule has 0 heterocycles. The van der Waals surface area contributed by atoms with Gasteiger partial charge in [-0.25, -0.2) is 4.39 Å². The van der Waals surface area contributed by atoms with E-state index in [1.165, 1.54) is 6.07 Å². The number of hydrogen-bond donors (Lipinski definition) is 2. The minimum Gasteiger partial charge on any atom is -0.320 e. The van der Waals surface area contributed by atoms with Crippen LogP contribution >= 0.6 is 11.6 Å². The highest BCUT2D eigenvalue weighted by atomic mass is 35.5. The molecule has 0 radical (unpaired) electrons. The summed E-state index contributed by atoms with van der Waals surface area (Å²) in [6.45, 7) is 4.29. The van der Waals surface area contributed by atoms with E-state index in [0.717, 1.165) is 31.5 Å². The lowest BCUT2D eigenvalue weighted by atomic mass is 10.1. The summed E-state index contributed by atoms with van der Waals surface area (Å²) < 4.78 is 13.3. The second kappa shape index (κ2) is 7.64. The van der Waals surface area contributed by atoms with E-state index in [2.05, 4.69) is 10.6 Å². The lowest BCUT2D eigenvalue weighted by Crippen LogP contribution is -2.17. The molecule has 0 unspecified atom stereocenters. The Morgan fingerprint density at radius 1 is 1.24 bits per heavy atom. The summed E-state index contributed by atoms with van der Waals surface area (Å²) in [6, 6.07) is 3.19. The van der Waals surface area contributed by atoms with Gasteiger partial charge in [-0.15, -0.1) is 0 Å². The number of hydrogen-bond acceptors (Lipinski definition) is 2. The Kier molecular flexibility index (Phi) is 6.48. The predicted octanol–water partition coefficient (Wildman–Crippen LogP) is 2.88. The van der Waals surface area contributed by atoms with E-state index in [9.17, 15) is 4.39 Å². The molecule has 0 aromatic heterocycles. The number of benzene rings is 1. The molecule has 0 aliphatic carbocycles. The number of rotatable bonds is 7. The van der Waals surface area contributed by atoms with Crippen LogP contribution in [0.25, 0.3) is 0 Å². The molecule has 4 heteroatoms. The average molecular weight is 259 g/mol. The van der Waals surface area contributed by atoms with Gasteiger partial charge >= 0.3 is 0 Å². The van der Waals surface area contributed by atoms with E-state index in [4.69, 9.17) is 11.6 Å². The van der Waals surface area contributed by atoms with Gasteiger partial charge in [0.25, 0.3) is 0 Å². The standard InChI is InChI=1S/C13H20ClFN2/c1-10-7-12(14)11(8-13(10)15)9-17-6-4-3-5-16-2/h7-8,16-17H,3-6,9H2,1-2H3. The van der Waals surface area contributed by atoms with E-state index in [1.54, 1.807) is 13.0 Å². The molecule has 17 heavy (non-hydrogen) atoms. The van der Waals surface area contributed by atoms with Crippen LogP contribution in [-0.2, 0) is 6.54 Å². The Balaban J connectivity index is 2.34. The molecule has 0 saturated carbocycles. The number of aryl methyl sites for hydroxylation is 1. The maximum absolute atomic E-state index is 13.3. The zero-order valence-electron chi connectivity index (χ0n) is 10.4. The Morgan fingerprint density at radius 2 is 1.94 bits per heavy atom. The van der Waals surface area contributed by atoms with Gasteiger partial charge in [0.15, 0.2) is 0 Å². The monoisotopic (exact) mass is 258 g/mol. The van der Waals surface area contributed by atoms with Gasteiger partial charge in [-0.3, -0.25) is 0 Å². The molecule has 1 aromatic rings. The smallest absolute Gasteiger partial charge is 0.126 e. The lowest BCUT2D eigenvalue weighted by molar-refractivity contribution is 0.595. The van der Waals surface area contributed by atoms with Gasteiger partial charge in [0.05, 0.1) is 0 Å². The summed E-state index contributed by atoms with van der Waals surface area (Å²) in [5, 5.41) is 7.00. The predicted molar refractivity (Wildman–Crippen MR) is 71.0 cm³/mol. The second-order valence-electron chi connectivity index (χ2n) is 4.18. The SMILES string of the molecule is CNCCCCNCc1cc(F)c(C)cc1Cl. The lowest BCUT2D eigenvalue weighted by Gasteiger charge is -2.08. The summed E-state index contributed by atoms with van der Waals surface area (Å²) in [5.74, 6) is -0.193. The van der Waals surface area contributed by atoms with Gasteiger partial charge in [0, 0.05) is 11.6 Å². The highest BCUT2D eigenvalue weighted by Crippen LogP contribution is 2.20. The Hall–Kier alpha value is -0.640. The number of unbranched alkanes of at least 4 members (excludes halogenated alkanes) is 1. The summed E-state index contributed by atoms with van der Waals surface area (Å²) in [6.07, 6.45) is 2.24. The molecule has 0 spiro atoms. The van der Waals surface area contributed by atoms with Crippen LogP contribution in [0, 0.1) is 12.7 Å². The van der Waals surface area contributed by atoms with Crippen molar-refractivity contribution >= 4 is 11.6 Å². The van der Waals surface area contributed by atoms with Crippen LogP contribution in [-0.4, -0.2) is 20.1 Å². The quantitative estimate of drug-likeness (QED) is 0.735. The zero-order chi connectivity index (χ0) is 12.7. The van der Waals surface area contributed by atoms with Crippen LogP contribution in [0.5, 0.6) is 0 Å². The zero-order valence-corrected chi connectivity index (χ0v) is 11.2. The molecule has 1 rings (SSSR count). The maximum Gasteiger partial charge on any atom is 0.126 e. The highest BCUT2D eigenvalue weighted by Gasteiger charge is 2.05. The van der Waals surface area contributed by atoms with Crippen LogP contribution in [0.4, 0.5) is 4.39 Å². The van der Waals surface area contributed by atoms with Gasteiger partial charge in [-0.2, -0.15) is 0 Å². The van der Waals surface area contributed by atoms with Gasteiger partial charge in [0.1, 0.15) is 5.82 Å². The molecule has 96 valence electrons. The molecule has 0 amide bonds. The van der Waals surface area contributed by atoms with Crippen molar-refractivity contribution in [1.82, 2.24) is 10.6 Å². The molecule has 0 aliphatic rings. The molecule has 2 N–H and O–H groups in total. The minimum atomic E-state index is -0.193. The molecule has 0 bridgehead atoms. The van der Waals surface area contributed by atoms with Crippen molar-refractivity contribution in [2.75, 3.05) is 20.1 Å². The molecule has 0 saturated heterocycles. The summed E-state index contributed by atoms with van der Waals surface area (Å²) in [7, 11) is 1.95. The van der Waals surface area contributed by atoms with Crippen LogP contribution in [0.2, 0.25) is 5.02 Å². The van der Waals surface area contributed by atoms with Crippen molar-refractivity contribution in [3.63, 3.8) is 0 Å². The fraction of sp³-hybridized carbons (Fsp3) is 0.538. The van der Waals surface area contributed by atoms with Gasteiger partial charge in [0.2, 0.25) is 0 Å². The molecule has 0 atom stereocenters. The topological polar surface area (TPSA) is 24.1 Å². The largest absolute Gasteiger partial charge is 0.320 e. The first-order valence-electron chi connectivity index (χ1n) is 5.95. The number of nitrogens with one attached hydrogen (secondary N) is 2. The van der Waals surface area contributed by atoms with Crippen molar-refractivity contribution in [2.45, 2.75) is 26.3 Å². The third kappa shape index (κ3) is 5.02. The second-order valence-corrected chi connectivity index (χ2v) is 4.59. The van der Waals surface area contributed by atoms with Crippen molar-refractivity contribution in [3.05, 3.63) is 34.1 Å². The molecule has 1 aromatic carbocycles. The Bertz CT molecular complexity index is 356. The van der Waals surface area contributed by atoms with E-state index < -0.39 is 0 Å². The van der Waals surface area contributed by atoms with Crippen LogP contribution in [0.15, 0.2) is 12.1 Å². The van der Waals surface area contributed by atoms with Crippen molar-refractivity contribution in [1.29, 1.82) is 0 Å². The van der Waals surface area contributed by atoms with Crippen molar-refractivity contribution < 1.29 is 4.39 Å². The third-order valence-corrected chi connectivity index (χ3v) is 3.03. The first kappa shape index (κ1) is 14.4. The Labute approximate surface area is 108 Å². The van der Waals surface area contributed by atoms with Gasteiger partial charge in [-0.05, 0) is 63.2 Å². The van der Waals surface area contributed by atoms with E-state index >= 15 is 0 Å². The van der Waals surface area contributed by atoms with Crippen LogP contribution in [0.1, 0.15) is 24.0 Å². The summed E-state index contributed by atoms with van der Waals surface area (Å²) >= 11 is 6.05. The van der Waals surface area contributed by atoms with Gasteiger partial charge < -0.3 is 10.6 Å². The van der Waals surface area contributed by atoms with E-state index in [0.29, 0.717) is 17.1 Å². The highest BCUT2D eigenvalue weighted by molar-refractivity contribution is 6.31.